The van der Waals surface area contributed by atoms with Crippen molar-refractivity contribution in [2.45, 2.75) is 25.5 Å². The number of methoxy groups -OCH3 is 1. The van der Waals surface area contributed by atoms with Crippen LogP contribution in [0.4, 0.5) is 0 Å². The number of ether oxygens (including phenoxy) is 1. The lowest BCUT2D eigenvalue weighted by Gasteiger charge is -2.20. The minimum atomic E-state index is -0.586. The molecule has 1 aromatic carbocycles. The van der Waals surface area contributed by atoms with Crippen LogP contribution >= 0.6 is 11.6 Å². The van der Waals surface area contributed by atoms with E-state index in [1.807, 2.05) is 6.92 Å². The zero-order chi connectivity index (χ0) is 11.4. The minimum absolute atomic E-state index is 0.469. The van der Waals surface area contributed by atoms with Gasteiger partial charge in [0.1, 0.15) is 5.75 Å². The lowest BCUT2D eigenvalue weighted by Crippen LogP contribution is -2.25. The molecule has 84 valence electrons. The van der Waals surface area contributed by atoms with Gasteiger partial charge in [-0.1, -0.05) is 18.5 Å². The highest BCUT2D eigenvalue weighted by Gasteiger charge is 2.19. The molecular weight excluding hydrogens is 214 g/mol. The van der Waals surface area contributed by atoms with Gasteiger partial charge in [-0.2, -0.15) is 0 Å². The highest BCUT2D eigenvalue weighted by Crippen LogP contribution is 2.29. The Labute approximate surface area is 94.8 Å². The maximum absolute atomic E-state index is 9.67. The minimum Gasteiger partial charge on any atom is -0.496 e. The summed E-state index contributed by atoms with van der Waals surface area (Å²) in [5.74, 6) is 0.652. The fraction of sp³-hybridized carbons (Fsp3) is 0.455. The Hall–Kier alpha value is -0.770. The van der Waals surface area contributed by atoms with Crippen molar-refractivity contribution in [3.63, 3.8) is 0 Å². The molecule has 15 heavy (non-hydrogen) atoms. The van der Waals surface area contributed by atoms with E-state index in [1.54, 1.807) is 25.3 Å². The molecule has 1 rings (SSSR count). The van der Waals surface area contributed by atoms with Gasteiger partial charge in [0, 0.05) is 10.6 Å². The van der Waals surface area contributed by atoms with Crippen molar-refractivity contribution in [2.75, 3.05) is 7.11 Å². The second kappa shape index (κ2) is 5.35. The molecular formula is C11H16ClNO2. The number of rotatable bonds is 4. The first kappa shape index (κ1) is 12.3. The van der Waals surface area contributed by atoms with Crippen LogP contribution in [0.2, 0.25) is 5.02 Å². The molecule has 4 heteroatoms. The van der Waals surface area contributed by atoms with Gasteiger partial charge in [0.15, 0.2) is 0 Å². The van der Waals surface area contributed by atoms with E-state index in [0.717, 1.165) is 5.56 Å². The van der Waals surface area contributed by atoms with Crippen molar-refractivity contribution in [3.8, 4) is 5.75 Å². The third-order valence-corrected chi connectivity index (χ3v) is 2.62. The van der Waals surface area contributed by atoms with Crippen molar-refractivity contribution in [3.05, 3.63) is 28.8 Å². The molecule has 0 spiro atoms. The molecule has 1 aromatic rings. The maximum atomic E-state index is 9.67. The quantitative estimate of drug-likeness (QED) is 0.832. The van der Waals surface area contributed by atoms with E-state index < -0.39 is 12.1 Å². The van der Waals surface area contributed by atoms with Crippen molar-refractivity contribution in [1.82, 2.24) is 0 Å². The Balaban J connectivity index is 3.05. The van der Waals surface area contributed by atoms with Crippen LogP contribution in [-0.4, -0.2) is 18.3 Å². The Morgan fingerprint density at radius 2 is 2.20 bits per heavy atom. The summed E-state index contributed by atoms with van der Waals surface area (Å²) in [5.41, 5.74) is 6.64. The predicted molar refractivity (Wildman–Crippen MR) is 61.2 cm³/mol. The molecule has 2 atom stereocenters. The first-order valence-electron chi connectivity index (χ1n) is 4.87. The van der Waals surface area contributed by atoms with Crippen LogP contribution in [0.25, 0.3) is 0 Å². The predicted octanol–water partition coefficient (Wildman–Crippen LogP) is 2.12. The smallest absolute Gasteiger partial charge is 0.123 e. The summed E-state index contributed by atoms with van der Waals surface area (Å²) < 4.78 is 5.17. The Morgan fingerprint density at radius 3 is 2.73 bits per heavy atom. The normalized spacial score (nSPS) is 14.7. The largest absolute Gasteiger partial charge is 0.496 e. The monoisotopic (exact) mass is 229 g/mol. The molecule has 0 fully saturated rings. The molecule has 0 aliphatic carbocycles. The molecule has 0 aliphatic heterocycles. The van der Waals surface area contributed by atoms with Crippen LogP contribution in [0.3, 0.4) is 0 Å². The van der Waals surface area contributed by atoms with E-state index in [1.165, 1.54) is 0 Å². The number of hydrogen-bond acceptors (Lipinski definition) is 3. The Morgan fingerprint density at radius 1 is 1.53 bits per heavy atom. The van der Waals surface area contributed by atoms with Crippen molar-refractivity contribution < 1.29 is 9.84 Å². The molecule has 0 saturated carbocycles. The van der Waals surface area contributed by atoms with E-state index in [4.69, 9.17) is 22.1 Å². The molecule has 0 radical (unpaired) electrons. The topological polar surface area (TPSA) is 55.5 Å². The second-order valence-electron chi connectivity index (χ2n) is 3.39. The fourth-order valence-corrected chi connectivity index (χ4v) is 1.61. The number of hydrogen-bond donors (Lipinski definition) is 2. The number of nitrogens with two attached hydrogens (primary N) is 1. The Bertz CT molecular complexity index is 330. The molecule has 3 N–H and O–H groups in total. The molecule has 3 nitrogen and oxygen atoms in total. The number of aliphatic hydroxyl groups excluding tert-OH is 1. The van der Waals surface area contributed by atoms with Gasteiger partial charge in [-0.15, -0.1) is 0 Å². The van der Waals surface area contributed by atoms with Gasteiger partial charge in [0.05, 0.1) is 19.3 Å². The summed E-state index contributed by atoms with van der Waals surface area (Å²) in [5, 5.41) is 10.3. The highest BCUT2D eigenvalue weighted by atomic mass is 35.5. The van der Waals surface area contributed by atoms with E-state index >= 15 is 0 Å². The van der Waals surface area contributed by atoms with Crippen LogP contribution in [0, 0.1) is 0 Å². The van der Waals surface area contributed by atoms with E-state index in [9.17, 15) is 5.11 Å². The van der Waals surface area contributed by atoms with Gasteiger partial charge in [-0.3, -0.25) is 0 Å². The van der Waals surface area contributed by atoms with Gasteiger partial charge >= 0.3 is 0 Å². The van der Waals surface area contributed by atoms with Crippen LogP contribution in [0.5, 0.6) is 5.75 Å². The molecule has 0 unspecified atom stereocenters. The zero-order valence-electron chi connectivity index (χ0n) is 8.90. The lowest BCUT2D eigenvalue weighted by molar-refractivity contribution is 0.139. The van der Waals surface area contributed by atoms with Gasteiger partial charge in [0.25, 0.3) is 0 Å². The second-order valence-corrected chi connectivity index (χ2v) is 3.82. The van der Waals surface area contributed by atoms with Gasteiger partial charge in [-0.25, -0.2) is 0 Å². The first-order chi connectivity index (χ1) is 7.10. The number of aliphatic hydroxyl groups is 1. The molecule has 0 heterocycles. The molecule has 0 bridgehead atoms. The van der Waals surface area contributed by atoms with Gasteiger partial charge < -0.3 is 15.6 Å². The van der Waals surface area contributed by atoms with Crippen LogP contribution in [-0.2, 0) is 0 Å². The Kier molecular flexibility index (Phi) is 4.39. The van der Waals surface area contributed by atoms with E-state index in [2.05, 4.69) is 0 Å². The summed E-state index contributed by atoms with van der Waals surface area (Å²) in [6.45, 7) is 1.88. The van der Waals surface area contributed by atoms with Gasteiger partial charge in [0.2, 0.25) is 0 Å². The highest BCUT2D eigenvalue weighted by molar-refractivity contribution is 6.30. The van der Waals surface area contributed by atoms with E-state index in [-0.39, 0.29) is 0 Å². The summed E-state index contributed by atoms with van der Waals surface area (Å²) >= 11 is 5.87. The molecule has 0 aliphatic rings. The summed E-state index contributed by atoms with van der Waals surface area (Å²) in [4.78, 5) is 0. The third kappa shape index (κ3) is 2.84. The van der Waals surface area contributed by atoms with Crippen molar-refractivity contribution in [2.24, 2.45) is 5.73 Å². The van der Waals surface area contributed by atoms with Crippen molar-refractivity contribution >= 4 is 11.6 Å². The summed E-state index contributed by atoms with van der Waals surface area (Å²) in [6.07, 6.45) is 0.00831. The molecule has 0 aromatic heterocycles. The van der Waals surface area contributed by atoms with Gasteiger partial charge in [-0.05, 0) is 24.6 Å². The maximum Gasteiger partial charge on any atom is 0.123 e. The third-order valence-electron chi connectivity index (χ3n) is 2.38. The molecule has 0 saturated heterocycles. The SMILES string of the molecule is CC[C@H](O)[C@H](N)c1cc(Cl)ccc1OC. The van der Waals surface area contributed by atoms with Crippen LogP contribution in [0.15, 0.2) is 18.2 Å². The van der Waals surface area contributed by atoms with Crippen LogP contribution in [0.1, 0.15) is 24.9 Å². The molecule has 0 amide bonds. The number of halogens is 1. The zero-order valence-corrected chi connectivity index (χ0v) is 9.66. The summed E-state index contributed by atoms with van der Waals surface area (Å²) in [6, 6.07) is 4.74. The summed E-state index contributed by atoms with van der Waals surface area (Å²) in [7, 11) is 1.57. The lowest BCUT2D eigenvalue weighted by atomic mass is 10.00. The standard InChI is InChI=1S/C11H16ClNO2/c1-3-9(14)11(13)8-6-7(12)4-5-10(8)15-2/h4-6,9,11,14H,3,13H2,1-2H3/t9-,11+/m0/s1. The average molecular weight is 230 g/mol. The van der Waals surface area contributed by atoms with E-state index in [0.29, 0.717) is 17.2 Å². The average Bonchev–Trinajstić information content (AvgIpc) is 2.27. The van der Waals surface area contributed by atoms with Crippen LogP contribution < -0.4 is 10.5 Å². The number of benzene rings is 1. The fourth-order valence-electron chi connectivity index (χ4n) is 1.43. The van der Waals surface area contributed by atoms with Crippen molar-refractivity contribution in [1.29, 1.82) is 0 Å². The first-order valence-corrected chi connectivity index (χ1v) is 5.25.